The van der Waals surface area contributed by atoms with Crippen molar-refractivity contribution < 1.29 is 9.18 Å². The van der Waals surface area contributed by atoms with Crippen LogP contribution in [0.4, 0.5) is 4.39 Å². The molecule has 5 heteroatoms. The summed E-state index contributed by atoms with van der Waals surface area (Å²) in [4.78, 5) is 11.7. The molecule has 0 heterocycles. The Hall–Kier alpha value is -0.810. The molecular formula is C12H13BrFNOS. The van der Waals surface area contributed by atoms with E-state index in [1.54, 1.807) is 30.0 Å². The molecule has 0 aliphatic rings. The van der Waals surface area contributed by atoms with Gasteiger partial charge in [0.15, 0.2) is 0 Å². The minimum atomic E-state index is -0.518. The zero-order chi connectivity index (χ0) is 12.7. The normalized spacial score (nSPS) is 10.0. The molecule has 0 radical (unpaired) electrons. The molecule has 2 nitrogen and oxygen atoms in total. The quantitative estimate of drug-likeness (QED) is 0.644. The maximum absolute atomic E-state index is 13.4. The fraction of sp³-hybridized carbons (Fsp3) is 0.250. The third-order valence-corrected chi connectivity index (χ3v) is 3.58. The van der Waals surface area contributed by atoms with E-state index in [2.05, 4.69) is 27.8 Å². The van der Waals surface area contributed by atoms with E-state index in [-0.39, 0.29) is 5.56 Å². The van der Waals surface area contributed by atoms with Crippen molar-refractivity contribution in [2.75, 3.05) is 18.1 Å². The van der Waals surface area contributed by atoms with E-state index in [0.717, 1.165) is 11.5 Å². The predicted molar refractivity (Wildman–Crippen MR) is 74.0 cm³/mol. The van der Waals surface area contributed by atoms with Gasteiger partial charge in [-0.05, 0) is 28.1 Å². The highest BCUT2D eigenvalue weighted by Crippen LogP contribution is 2.19. The van der Waals surface area contributed by atoms with Crippen LogP contribution >= 0.6 is 27.7 Å². The molecule has 1 aromatic rings. The van der Waals surface area contributed by atoms with Crippen LogP contribution in [-0.2, 0) is 0 Å². The maximum Gasteiger partial charge on any atom is 0.255 e. The van der Waals surface area contributed by atoms with Gasteiger partial charge < -0.3 is 5.32 Å². The first-order valence-corrected chi connectivity index (χ1v) is 7.02. The SMILES string of the molecule is C=CCSCCNC(=O)c1c(F)cccc1Br. The van der Waals surface area contributed by atoms with Gasteiger partial charge in [-0.25, -0.2) is 4.39 Å². The Kier molecular flexibility index (Phi) is 6.29. The number of carbonyl (C=O) groups is 1. The predicted octanol–water partition coefficient (Wildman–Crippen LogP) is 3.24. The zero-order valence-electron chi connectivity index (χ0n) is 9.21. The van der Waals surface area contributed by atoms with Crippen LogP contribution in [0.2, 0.25) is 0 Å². The van der Waals surface area contributed by atoms with Crippen LogP contribution in [0.3, 0.4) is 0 Å². The highest BCUT2D eigenvalue weighted by molar-refractivity contribution is 9.10. The molecule has 1 aromatic carbocycles. The van der Waals surface area contributed by atoms with Crippen LogP contribution in [0.25, 0.3) is 0 Å². The molecule has 0 bridgehead atoms. The summed E-state index contributed by atoms with van der Waals surface area (Å²) in [5.74, 6) is 0.716. The lowest BCUT2D eigenvalue weighted by atomic mass is 10.2. The van der Waals surface area contributed by atoms with Crippen molar-refractivity contribution in [3.8, 4) is 0 Å². The number of thioether (sulfide) groups is 1. The van der Waals surface area contributed by atoms with E-state index in [1.165, 1.54) is 6.07 Å². The topological polar surface area (TPSA) is 29.1 Å². The first-order valence-electron chi connectivity index (χ1n) is 5.07. The summed E-state index contributed by atoms with van der Waals surface area (Å²) in [7, 11) is 0. The summed E-state index contributed by atoms with van der Waals surface area (Å²) < 4.78 is 13.9. The van der Waals surface area contributed by atoms with Crippen molar-refractivity contribution in [1.29, 1.82) is 0 Å². The highest BCUT2D eigenvalue weighted by atomic mass is 79.9. The molecule has 0 aliphatic carbocycles. The van der Waals surface area contributed by atoms with Gasteiger partial charge in [-0.2, -0.15) is 11.8 Å². The minimum absolute atomic E-state index is 0.0567. The Morgan fingerprint density at radius 2 is 2.35 bits per heavy atom. The van der Waals surface area contributed by atoms with Crippen LogP contribution < -0.4 is 5.32 Å². The van der Waals surface area contributed by atoms with Gasteiger partial charge in [0.2, 0.25) is 0 Å². The molecule has 0 aliphatic heterocycles. The Balaban J connectivity index is 2.50. The van der Waals surface area contributed by atoms with Gasteiger partial charge in [-0.15, -0.1) is 6.58 Å². The van der Waals surface area contributed by atoms with Crippen LogP contribution in [0.5, 0.6) is 0 Å². The molecule has 0 unspecified atom stereocenters. The van der Waals surface area contributed by atoms with Crippen LogP contribution in [-0.4, -0.2) is 24.0 Å². The average molecular weight is 318 g/mol. The first kappa shape index (κ1) is 14.3. The van der Waals surface area contributed by atoms with Gasteiger partial charge in [0.05, 0.1) is 5.56 Å². The maximum atomic E-state index is 13.4. The second-order valence-corrected chi connectivity index (χ2v) is 5.22. The largest absolute Gasteiger partial charge is 0.351 e. The molecule has 0 aromatic heterocycles. The van der Waals surface area contributed by atoms with Gasteiger partial charge in [0, 0.05) is 22.5 Å². The number of amides is 1. The van der Waals surface area contributed by atoms with E-state index >= 15 is 0 Å². The summed E-state index contributed by atoms with van der Waals surface area (Å²) in [5.41, 5.74) is 0.0567. The number of carbonyl (C=O) groups excluding carboxylic acids is 1. The van der Waals surface area contributed by atoms with E-state index in [1.807, 2.05) is 0 Å². The van der Waals surface area contributed by atoms with Gasteiger partial charge in [-0.3, -0.25) is 4.79 Å². The molecule has 92 valence electrons. The number of nitrogens with one attached hydrogen (secondary N) is 1. The molecule has 0 saturated carbocycles. The fourth-order valence-corrected chi connectivity index (χ4v) is 2.31. The lowest BCUT2D eigenvalue weighted by Gasteiger charge is -2.07. The van der Waals surface area contributed by atoms with E-state index in [0.29, 0.717) is 11.0 Å². The second kappa shape index (κ2) is 7.50. The van der Waals surface area contributed by atoms with Gasteiger partial charge in [0.25, 0.3) is 5.91 Å². The third kappa shape index (κ3) is 4.52. The summed E-state index contributed by atoms with van der Waals surface area (Å²) in [6.45, 7) is 4.11. The Morgan fingerprint density at radius 1 is 1.59 bits per heavy atom. The number of hydrogen-bond acceptors (Lipinski definition) is 2. The number of hydrogen-bond donors (Lipinski definition) is 1. The Morgan fingerprint density at radius 3 is 3.00 bits per heavy atom. The molecule has 0 fully saturated rings. The summed E-state index contributed by atoms with van der Waals surface area (Å²) in [5, 5.41) is 2.68. The fourth-order valence-electron chi connectivity index (χ4n) is 1.21. The van der Waals surface area contributed by atoms with Gasteiger partial charge in [-0.1, -0.05) is 12.1 Å². The average Bonchev–Trinajstić information content (AvgIpc) is 2.28. The van der Waals surface area contributed by atoms with Crippen LogP contribution in [0, 0.1) is 5.82 Å². The van der Waals surface area contributed by atoms with E-state index < -0.39 is 11.7 Å². The highest BCUT2D eigenvalue weighted by Gasteiger charge is 2.14. The molecule has 1 rings (SSSR count). The molecule has 1 amide bonds. The molecular weight excluding hydrogens is 305 g/mol. The lowest BCUT2D eigenvalue weighted by molar-refractivity contribution is 0.0951. The van der Waals surface area contributed by atoms with Crippen molar-refractivity contribution in [1.82, 2.24) is 5.32 Å². The van der Waals surface area contributed by atoms with Gasteiger partial charge >= 0.3 is 0 Å². The molecule has 0 saturated heterocycles. The Bertz CT molecular complexity index is 391. The minimum Gasteiger partial charge on any atom is -0.351 e. The zero-order valence-corrected chi connectivity index (χ0v) is 11.6. The van der Waals surface area contributed by atoms with Crippen molar-refractivity contribution in [2.45, 2.75) is 0 Å². The number of rotatable bonds is 6. The summed E-state index contributed by atoms with van der Waals surface area (Å²) >= 11 is 4.82. The van der Waals surface area contributed by atoms with Crippen LogP contribution in [0.15, 0.2) is 35.3 Å². The van der Waals surface area contributed by atoms with Crippen molar-refractivity contribution in [3.63, 3.8) is 0 Å². The first-order chi connectivity index (χ1) is 8.16. The molecule has 17 heavy (non-hydrogen) atoms. The third-order valence-electron chi connectivity index (χ3n) is 1.96. The number of benzene rings is 1. The van der Waals surface area contributed by atoms with Crippen molar-refractivity contribution in [3.05, 3.63) is 46.7 Å². The molecule has 1 N–H and O–H groups in total. The standard InChI is InChI=1S/C12H13BrFNOS/c1-2-7-17-8-6-15-12(16)11-9(13)4-3-5-10(11)14/h2-5H,1,6-8H2,(H,15,16). The van der Waals surface area contributed by atoms with Crippen molar-refractivity contribution in [2.24, 2.45) is 0 Å². The smallest absolute Gasteiger partial charge is 0.255 e. The molecule has 0 spiro atoms. The number of halogens is 2. The second-order valence-electron chi connectivity index (χ2n) is 3.22. The summed E-state index contributed by atoms with van der Waals surface area (Å²) in [6.07, 6.45) is 1.81. The molecule has 0 atom stereocenters. The Labute approximate surface area is 113 Å². The van der Waals surface area contributed by atoms with Crippen LogP contribution in [0.1, 0.15) is 10.4 Å². The lowest BCUT2D eigenvalue weighted by Crippen LogP contribution is -2.27. The van der Waals surface area contributed by atoms with E-state index in [9.17, 15) is 9.18 Å². The van der Waals surface area contributed by atoms with Gasteiger partial charge in [0.1, 0.15) is 5.82 Å². The van der Waals surface area contributed by atoms with E-state index in [4.69, 9.17) is 0 Å². The summed E-state index contributed by atoms with van der Waals surface area (Å²) in [6, 6.07) is 4.47. The monoisotopic (exact) mass is 317 g/mol. The van der Waals surface area contributed by atoms with Crippen molar-refractivity contribution >= 4 is 33.6 Å².